The molecule has 0 aliphatic heterocycles. The van der Waals surface area contributed by atoms with E-state index in [2.05, 4.69) is 6.92 Å². The second-order valence-electron chi connectivity index (χ2n) is 2.28. The highest BCUT2D eigenvalue weighted by atomic mass is 35.5. The van der Waals surface area contributed by atoms with Crippen molar-refractivity contribution in [2.24, 2.45) is 5.73 Å². The zero-order chi connectivity index (χ0) is 6.95. The monoisotopic (exact) mass is 199 g/mol. The zero-order valence-electron chi connectivity index (χ0n) is 7.08. The molecule has 0 spiro atoms. The molecule has 1 nitrogen and oxygen atoms in total. The quantitative estimate of drug-likeness (QED) is 0.677. The lowest BCUT2D eigenvalue weighted by atomic mass is 10.1. The van der Waals surface area contributed by atoms with E-state index in [1.807, 2.05) is 6.08 Å². The third kappa shape index (κ3) is 17.8. The molecular formula is C8H19Cl2N. The molecule has 2 N–H and O–H groups in total. The number of nitrogens with two attached hydrogens (primary N) is 1. The molecule has 0 radical (unpaired) electrons. The van der Waals surface area contributed by atoms with E-state index in [9.17, 15) is 0 Å². The highest BCUT2D eigenvalue weighted by molar-refractivity contribution is 5.85. The molecule has 0 heterocycles. The van der Waals surface area contributed by atoms with Gasteiger partial charge in [-0.15, -0.1) is 24.8 Å². The number of rotatable bonds is 5. The SMILES string of the molecule is CCCCCCC=CN.Cl.Cl. The molecule has 0 amide bonds. The molecule has 0 atom stereocenters. The Morgan fingerprint density at radius 3 is 2.18 bits per heavy atom. The van der Waals surface area contributed by atoms with Gasteiger partial charge in [0.1, 0.15) is 0 Å². The summed E-state index contributed by atoms with van der Waals surface area (Å²) < 4.78 is 0. The van der Waals surface area contributed by atoms with E-state index in [4.69, 9.17) is 5.73 Å². The van der Waals surface area contributed by atoms with Gasteiger partial charge in [0, 0.05) is 0 Å². The summed E-state index contributed by atoms with van der Waals surface area (Å²) in [6, 6.07) is 0. The zero-order valence-corrected chi connectivity index (χ0v) is 8.72. The fraction of sp³-hybridized carbons (Fsp3) is 0.750. The van der Waals surface area contributed by atoms with Crippen molar-refractivity contribution in [3.8, 4) is 0 Å². The first-order valence-corrected chi connectivity index (χ1v) is 3.78. The van der Waals surface area contributed by atoms with Crippen LogP contribution in [-0.4, -0.2) is 0 Å². The van der Waals surface area contributed by atoms with Crippen LogP contribution in [0.4, 0.5) is 0 Å². The van der Waals surface area contributed by atoms with Gasteiger partial charge in [-0.25, -0.2) is 0 Å². The second-order valence-corrected chi connectivity index (χ2v) is 2.28. The van der Waals surface area contributed by atoms with Gasteiger partial charge in [0.2, 0.25) is 0 Å². The lowest BCUT2D eigenvalue weighted by Gasteiger charge is -1.92. The largest absolute Gasteiger partial charge is 0.405 e. The summed E-state index contributed by atoms with van der Waals surface area (Å²) in [5.74, 6) is 0. The number of hydrogen-bond acceptors (Lipinski definition) is 1. The summed E-state index contributed by atoms with van der Waals surface area (Å²) in [5.41, 5.74) is 5.16. The molecule has 0 unspecified atom stereocenters. The third-order valence-corrected chi connectivity index (χ3v) is 1.36. The lowest BCUT2D eigenvalue weighted by molar-refractivity contribution is 0.674. The Morgan fingerprint density at radius 1 is 1.09 bits per heavy atom. The highest BCUT2D eigenvalue weighted by Gasteiger charge is 1.82. The molecule has 0 saturated carbocycles. The molecule has 0 bridgehead atoms. The van der Waals surface area contributed by atoms with Gasteiger partial charge in [-0.2, -0.15) is 0 Å². The van der Waals surface area contributed by atoms with Crippen LogP contribution in [0.2, 0.25) is 0 Å². The summed E-state index contributed by atoms with van der Waals surface area (Å²) in [7, 11) is 0. The first kappa shape index (κ1) is 17.3. The van der Waals surface area contributed by atoms with Gasteiger partial charge < -0.3 is 5.73 Å². The van der Waals surface area contributed by atoms with E-state index in [-0.39, 0.29) is 24.8 Å². The van der Waals surface area contributed by atoms with Crippen molar-refractivity contribution in [2.45, 2.75) is 39.0 Å². The smallest absolute Gasteiger partial charge is 0.0103 e. The topological polar surface area (TPSA) is 26.0 Å². The van der Waals surface area contributed by atoms with Crippen molar-refractivity contribution in [3.05, 3.63) is 12.3 Å². The van der Waals surface area contributed by atoms with Gasteiger partial charge in [0.15, 0.2) is 0 Å². The highest BCUT2D eigenvalue weighted by Crippen LogP contribution is 2.01. The van der Waals surface area contributed by atoms with Crippen LogP contribution in [0, 0.1) is 0 Å². The van der Waals surface area contributed by atoms with Crippen molar-refractivity contribution in [1.29, 1.82) is 0 Å². The molecule has 0 fully saturated rings. The average Bonchev–Trinajstić information content (AvgIpc) is 1.89. The Morgan fingerprint density at radius 2 is 1.73 bits per heavy atom. The molecule has 3 heteroatoms. The Labute approximate surface area is 82.3 Å². The molecule has 0 aliphatic rings. The Balaban J connectivity index is -0.000000320. The van der Waals surface area contributed by atoms with Crippen LogP contribution in [0.5, 0.6) is 0 Å². The van der Waals surface area contributed by atoms with E-state index >= 15 is 0 Å². The van der Waals surface area contributed by atoms with Crippen LogP contribution in [0.1, 0.15) is 39.0 Å². The summed E-state index contributed by atoms with van der Waals surface area (Å²) >= 11 is 0. The van der Waals surface area contributed by atoms with Gasteiger partial charge in [-0.05, 0) is 19.0 Å². The fourth-order valence-electron chi connectivity index (χ4n) is 0.785. The van der Waals surface area contributed by atoms with Crippen molar-refractivity contribution in [2.75, 3.05) is 0 Å². The summed E-state index contributed by atoms with van der Waals surface area (Å²) in [6.07, 6.45) is 10.1. The Kier molecular flexibility index (Phi) is 26.1. The molecule has 0 aromatic heterocycles. The van der Waals surface area contributed by atoms with Gasteiger partial charge in [-0.1, -0.05) is 32.3 Å². The Bertz CT molecular complexity index is 74.5. The predicted molar refractivity (Wildman–Crippen MR) is 56.6 cm³/mol. The van der Waals surface area contributed by atoms with Crippen LogP contribution in [0.15, 0.2) is 12.3 Å². The minimum absolute atomic E-state index is 0. The molecule has 0 rings (SSSR count). The lowest BCUT2D eigenvalue weighted by Crippen LogP contribution is -1.77. The maximum Gasteiger partial charge on any atom is -0.0103 e. The van der Waals surface area contributed by atoms with E-state index in [1.165, 1.54) is 25.7 Å². The van der Waals surface area contributed by atoms with Crippen molar-refractivity contribution < 1.29 is 0 Å². The van der Waals surface area contributed by atoms with Crippen molar-refractivity contribution in [3.63, 3.8) is 0 Å². The van der Waals surface area contributed by atoms with E-state index < -0.39 is 0 Å². The fourth-order valence-corrected chi connectivity index (χ4v) is 0.785. The normalized spacial score (nSPS) is 8.82. The summed E-state index contributed by atoms with van der Waals surface area (Å²) in [5, 5.41) is 0. The van der Waals surface area contributed by atoms with Gasteiger partial charge in [-0.3, -0.25) is 0 Å². The second kappa shape index (κ2) is 16.6. The molecule has 0 saturated heterocycles. The number of unbranched alkanes of at least 4 members (excludes halogenated alkanes) is 4. The van der Waals surface area contributed by atoms with Crippen LogP contribution in [0.25, 0.3) is 0 Å². The predicted octanol–water partition coefficient (Wildman–Crippen LogP) is 3.27. The van der Waals surface area contributed by atoms with E-state index in [0.717, 1.165) is 6.42 Å². The maximum absolute atomic E-state index is 5.16. The van der Waals surface area contributed by atoms with Gasteiger partial charge >= 0.3 is 0 Å². The van der Waals surface area contributed by atoms with Gasteiger partial charge in [0.05, 0.1) is 0 Å². The van der Waals surface area contributed by atoms with Crippen LogP contribution in [-0.2, 0) is 0 Å². The van der Waals surface area contributed by atoms with Crippen LogP contribution in [0.3, 0.4) is 0 Å². The van der Waals surface area contributed by atoms with Crippen LogP contribution < -0.4 is 5.73 Å². The molecule has 11 heavy (non-hydrogen) atoms. The molecular weight excluding hydrogens is 181 g/mol. The number of hydrogen-bond donors (Lipinski definition) is 1. The number of halogens is 2. The van der Waals surface area contributed by atoms with Crippen LogP contribution >= 0.6 is 24.8 Å². The van der Waals surface area contributed by atoms with E-state index in [1.54, 1.807) is 6.20 Å². The Hall–Kier alpha value is 0.120. The summed E-state index contributed by atoms with van der Waals surface area (Å²) in [6.45, 7) is 2.22. The van der Waals surface area contributed by atoms with Crippen molar-refractivity contribution in [1.82, 2.24) is 0 Å². The standard InChI is InChI=1S/C8H17N.2ClH/c1-2-3-4-5-6-7-8-9;;/h7-8H,2-6,9H2,1H3;2*1H. The first-order chi connectivity index (χ1) is 4.41. The molecule has 0 aromatic carbocycles. The maximum atomic E-state index is 5.16. The third-order valence-electron chi connectivity index (χ3n) is 1.36. The minimum Gasteiger partial charge on any atom is -0.405 e. The minimum atomic E-state index is 0. The number of allylic oxidation sites excluding steroid dienone is 1. The van der Waals surface area contributed by atoms with Gasteiger partial charge in [0.25, 0.3) is 0 Å². The average molecular weight is 200 g/mol. The first-order valence-electron chi connectivity index (χ1n) is 3.78. The summed E-state index contributed by atoms with van der Waals surface area (Å²) in [4.78, 5) is 0. The molecule has 70 valence electrons. The molecule has 0 aromatic rings. The van der Waals surface area contributed by atoms with Crippen molar-refractivity contribution >= 4 is 24.8 Å². The molecule has 0 aliphatic carbocycles. The van der Waals surface area contributed by atoms with E-state index in [0.29, 0.717) is 0 Å².